The number of benzene rings is 2. The number of carbonyl (C=O) groups is 2. The highest BCUT2D eigenvalue weighted by molar-refractivity contribution is 6.36. The number of imide groups is 1. The molecule has 3 aromatic rings. The molecule has 0 bridgehead atoms. The molecule has 1 aliphatic heterocycles. The van der Waals surface area contributed by atoms with E-state index < -0.39 is 0 Å². The van der Waals surface area contributed by atoms with Gasteiger partial charge in [0, 0.05) is 48.9 Å². The van der Waals surface area contributed by atoms with Crippen molar-refractivity contribution in [1.82, 2.24) is 14.8 Å². The second-order valence-electron chi connectivity index (χ2n) is 6.76. The van der Waals surface area contributed by atoms with E-state index in [2.05, 4.69) is 5.32 Å². The van der Waals surface area contributed by atoms with Crippen molar-refractivity contribution in [2.75, 3.05) is 14.2 Å². The van der Waals surface area contributed by atoms with Crippen molar-refractivity contribution >= 4 is 28.3 Å². The Kier molecular flexibility index (Phi) is 4.39. The Balaban J connectivity index is 1.80. The van der Waals surface area contributed by atoms with E-state index in [4.69, 9.17) is 4.74 Å². The normalized spacial score (nSPS) is 14.3. The van der Waals surface area contributed by atoms with Gasteiger partial charge in [-0.15, -0.1) is 0 Å². The molecule has 28 heavy (non-hydrogen) atoms. The van der Waals surface area contributed by atoms with Crippen molar-refractivity contribution in [3.63, 3.8) is 0 Å². The zero-order chi connectivity index (χ0) is 19.8. The third-order valence-electron chi connectivity index (χ3n) is 5.10. The van der Waals surface area contributed by atoms with Crippen molar-refractivity contribution in [3.05, 3.63) is 71.6 Å². The Bertz CT molecular complexity index is 1130. The second-order valence-corrected chi connectivity index (χ2v) is 6.76. The van der Waals surface area contributed by atoms with E-state index >= 15 is 0 Å². The minimum atomic E-state index is -0.331. The van der Waals surface area contributed by atoms with Gasteiger partial charge in [0.2, 0.25) is 0 Å². The summed E-state index contributed by atoms with van der Waals surface area (Å²) in [5.41, 5.74) is 3.38. The lowest BCUT2D eigenvalue weighted by molar-refractivity contribution is -0.135. The summed E-state index contributed by atoms with van der Waals surface area (Å²) in [6.45, 7) is 0.375. The molecule has 0 atom stereocenters. The van der Waals surface area contributed by atoms with Crippen LogP contribution < -0.4 is 10.1 Å². The quantitative estimate of drug-likeness (QED) is 0.697. The molecule has 6 nitrogen and oxygen atoms in total. The number of ether oxygens (including phenoxy) is 1. The topological polar surface area (TPSA) is 63.6 Å². The molecule has 0 saturated heterocycles. The van der Waals surface area contributed by atoms with Gasteiger partial charge in [0.15, 0.2) is 0 Å². The van der Waals surface area contributed by atoms with Crippen LogP contribution in [0.2, 0.25) is 0 Å². The standard InChI is InChI=1S/C22H21N3O3/c1-24-13-16(15-9-5-6-10-17(15)24)19-20(22(27)25(2)21(19)26)23-12-14-8-4-7-11-18(14)28-3/h4-11,13,23H,12H2,1-3H3. The van der Waals surface area contributed by atoms with Crippen molar-refractivity contribution in [1.29, 1.82) is 0 Å². The minimum Gasteiger partial charge on any atom is -0.496 e. The van der Waals surface area contributed by atoms with E-state index in [0.29, 0.717) is 17.8 Å². The SMILES string of the molecule is COc1ccccc1CNC1=C(c2cn(C)c3ccccc23)C(=O)N(C)C1=O. The Morgan fingerprint density at radius 2 is 1.68 bits per heavy atom. The van der Waals surface area contributed by atoms with E-state index in [-0.39, 0.29) is 11.8 Å². The average molecular weight is 375 g/mol. The molecule has 6 heteroatoms. The Morgan fingerprint density at radius 1 is 0.964 bits per heavy atom. The van der Waals surface area contributed by atoms with E-state index in [0.717, 1.165) is 32.7 Å². The van der Waals surface area contributed by atoms with Gasteiger partial charge in [-0.25, -0.2) is 0 Å². The number of methoxy groups -OCH3 is 1. The fraction of sp³-hybridized carbons (Fsp3) is 0.182. The van der Waals surface area contributed by atoms with Gasteiger partial charge in [-0.3, -0.25) is 14.5 Å². The maximum atomic E-state index is 12.9. The number of aromatic nitrogens is 1. The molecule has 2 amide bonds. The fourth-order valence-corrected chi connectivity index (χ4v) is 3.63. The first-order chi connectivity index (χ1) is 13.5. The molecular weight excluding hydrogens is 354 g/mol. The minimum absolute atomic E-state index is 0.302. The molecule has 1 aliphatic rings. The van der Waals surface area contributed by atoms with Crippen LogP contribution in [0.25, 0.3) is 16.5 Å². The number of rotatable bonds is 5. The van der Waals surface area contributed by atoms with Crippen molar-refractivity contribution < 1.29 is 14.3 Å². The van der Waals surface area contributed by atoms with Crippen LogP contribution in [0.4, 0.5) is 0 Å². The number of amides is 2. The molecule has 0 aliphatic carbocycles. The average Bonchev–Trinajstić information content (AvgIpc) is 3.16. The van der Waals surface area contributed by atoms with Gasteiger partial charge in [0.05, 0.1) is 12.7 Å². The van der Waals surface area contributed by atoms with Gasteiger partial charge in [-0.1, -0.05) is 36.4 Å². The Hall–Kier alpha value is -3.54. The first-order valence-electron chi connectivity index (χ1n) is 8.99. The maximum absolute atomic E-state index is 12.9. The third-order valence-corrected chi connectivity index (χ3v) is 5.10. The summed E-state index contributed by atoms with van der Waals surface area (Å²) in [4.78, 5) is 26.8. The predicted octanol–water partition coefficient (Wildman–Crippen LogP) is 2.69. The smallest absolute Gasteiger partial charge is 0.277 e. The van der Waals surface area contributed by atoms with Gasteiger partial charge in [0.25, 0.3) is 11.8 Å². The largest absolute Gasteiger partial charge is 0.496 e. The van der Waals surface area contributed by atoms with Crippen LogP contribution in [0.5, 0.6) is 5.75 Å². The number of hydrogen-bond donors (Lipinski definition) is 1. The number of aryl methyl sites for hydroxylation is 1. The molecule has 4 rings (SSSR count). The van der Waals surface area contributed by atoms with Gasteiger partial charge in [-0.05, 0) is 12.1 Å². The lowest BCUT2D eigenvalue weighted by Gasteiger charge is -2.11. The molecule has 2 aromatic carbocycles. The second kappa shape index (κ2) is 6.88. The summed E-state index contributed by atoms with van der Waals surface area (Å²) < 4.78 is 7.34. The van der Waals surface area contributed by atoms with Crippen LogP contribution in [-0.2, 0) is 23.2 Å². The monoisotopic (exact) mass is 375 g/mol. The van der Waals surface area contributed by atoms with Crippen LogP contribution >= 0.6 is 0 Å². The first-order valence-corrected chi connectivity index (χ1v) is 8.99. The number of para-hydroxylation sites is 2. The van der Waals surface area contributed by atoms with Crippen molar-refractivity contribution in [3.8, 4) is 5.75 Å². The zero-order valence-corrected chi connectivity index (χ0v) is 16.0. The number of carbonyl (C=O) groups excluding carboxylic acids is 2. The number of nitrogens with one attached hydrogen (secondary N) is 1. The van der Waals surface area contributed by atoms with Gasteiger partial charge in [0.1, 0.15) is 11.4 Å². The van der Waals surface area contributed by atoms with E-state index in [1.807, 2.05) is 66.3 Å². The van der Waals surface area contributed by atoms with Crippen LogP contribution in [0, 0.1) is 0 Å². The summed E-state index contributed by atoms with van der Waals surface area (Å²) in [7, 11) is 5.05. The van der Waals surface area contributed by atoms with Gasteiger partial charge in [-0.2, -0.15) is 0 Å². The van der Waals surface area contributed by atoms with E-state index in [1.54, 1.807) is 7.11 Å². The van der Waals surface area contributed by atoms with E-state index in [9.17, 15) is 9.59 Å². The predicted molar refractivity (Wildman–Crippen MR) is 107 cm³/mol. The molecule has 0 unspecified atom stereocenters. The van der Waals surface area contributed by atoms with Crippen molar-refractivity contribution in [2.45, 2.75) is 6.54 Å². The van der Waals surface area contributed by atoms with Crippen molar-refractivity contribution in [2.24, 2.45) is 7.05 Å². The molecule has 1 aromatic heterocycles. The summed E-state index contributed by atoms with van der Waals surface area (Å²) in [5, 5.41) is 4.12. The van der Waals surface area contributed by atoms with Crippen LogP contribution in [0.1, 0.15) is 11.1 Å². The third kappa shape index (κ3) is 2.74. The summed E-state index contributed by atoms with van der Waals surface area (Å²) in [6, 6.07) is 15.4. The molecule has 0 saturated carbocycles. The lowest BCUT2D eigenvalue weighted by atomic mass is 10.0. The number of nitrogens with zero attached hydrogens (tertiary/aromatic N) is 2. The molecule has 2 heterocycles. The Morgan fingerprint density at radius 3 is 2.46 bits per heavy atom. The molecule has 0 radical (unpaired) electrons. The first kappa shape index (κ1) is 17.9. The highest BCUT2D eigenvalue weighted by Crippen LogP contribution is 2.33. The fourth-order valence-electron chi connectivity index (χ4n) is 3.63. The van der Waals surface area contributed by atoms with Gasteiger partial charge >= 0.3 is 0 Å². The van der Waals surface area contributed by atoms with Gasteiger partial charge < -0.3 is 14.6 Å². The highest BCUT2D eigenvalue weighted by Gasteiger charge is 2.37. The molecule has 0 spiro atoms. The lowest BCUT2D eigenvalue weighted by Crippen LogP contribution is -2.29. The zero-order valence-electron chi connectivity index (χ0n) is 16.0. The summed E-state index contributed by atoms with van der Waals surface area (Å²) >= 11 is 0. The van der Waals surface area contributed by atoms with Crippen LogP contribution in [-0.4, -0.2) is 35.4 Å². The number of hydrogen-bond acceptors (Lipinski definition) is 4. The molecule has 0 fully saturated rings. The number of fused-ring (bicyclic) bond motifs is 1. The Labute approximate surface area is 163 Å². The molecular formula is C22H21N3O3. The van der Waals surface area contributed by atoms with E-state index in [1.165, 1.54) is 7.05 Å². The maximum Gasteiger partial charge on any atom is 0.277 e. The van der Waals surface area contributed by atoms with Crippen LogP contribution in [0.3, 0.4) is 0 Å². The summed E-state index contributed by atoms with van der Waals surface area (Å²) in [6.07, 6.45) is 1.90. The molecule has 142 valence electrons. The number of likely N-dealkylation sites (N-methyl/N-ethyl adjacent to an activating group) is 1. The molecule has 1 N–H and O–H groups in total. The summed E-state index contributed by atoms with van der Waals surface area (Å²) in [5.74, 6) is 0.0964. The highest BCUT2D eigenvalue weighted by atomic mass is 16.5. The van der Waals surface area contributed by atoms with Crippen LogP contribution in [0.15, 0.2) is 60.4 Å².